The second kappa shape index (κ2) is 9.11. The monoisotopic (exact) mass is 424 g/mol. The van der Waals surface area contributed by atoms with Crippen molar-refractivity contribution < 1.29 is 4.74 Å². The van der Waals surface area contributed by atoms with E-state index in [1.54, 1.807) is 31.0 Å². The first-order chi connectivity index (χ1) is 14.2. The van der Waals surface area contributed by atoms with E-state index in [9.17, 15) is 0 Å². The first-order valence-corrected chi connectivity index (χ1v) is 10.6. The number of aromatic nitrogens is 3. The minimum absolute atomic E-state index is 0.416. The summed E-state index contributed by atoms with van der Waals surface area (Å²) in [7, 11) is 1.69. The number of hydrogen-bond acceptors (Lipinski definition) is 5. The number of nitrogens with zero attached hydrogens (tertiary/aromatic N) is 4. The molecule has 2 aromatic heterocycles. The summed E-state index contributed by atoms with van der Waals surface area (Å²) in [4.78, 5) is 11.1. The van der Waals surface area contributed by atoms with Crippen molar-refractivity contribution in [2.75, 3.05) is 12.0 Å². The summed E-state index contributed by atoms with van der Waals surface area (Å²) in [5, 5.41) is 2.97. The summed E-state index contributed by atoms with van der Waals surface area (Å²) in [6, 6.07) is 16.6. The Morgan fingerprint density at radius 1 is 1.10 bits per heavy atom. The molecular weight excluding hydrogens is 404 g/mol. The highest BCUT2D eigenvalue weighted by Crippen LogP contribution is 2.26. The lowest BCUT2D eigenvalue weighted by Gasteiger charge is -2.23. The summed E-state index contributed by atoms with van der Waals surface area (Å²) >= 11 is 7.60. The number of hydrogen-bond donors (Lipinski definition) is 0. The third-order valence-corrected chi connectivity index (χ3v) is 5.77. The number of methoxy groups -OCH3 is 1. The Bertz CT molecular complexity index is 1060. The lowest BCUT2D eigenvalue weighted by Crippen LogP contribution is -2.22. The number of alkyl halides is 1. The average molecular weight is 425 g/mol. The van der Waals surface area contributed by atoms with Gasteiger partial charge in [-0.15, -0.1) is 22.9 Å². The minimum Gasteiger partial charge on any atom is -0.497 e. The molecule has 2 heterocycles. The van der Waals surface area contributed by atoms with Crippen LogP contribution in [0.3, 0.4) is 0 Å². The van der Waals surface area contributed by atoms with Gasteiger partial charge in [-0.1, -0.05) is 24.3 Å². The average Bonchev–Trinajstić information content (AvgIpc) is 3.46. The van der Waals surface area contributed by atoms with Gasteiger partial charge in [0.15, 0.2) is 5.13 Å². The third-order valence-electron chi connectivity index (χ3n) is 4.54. The van der Waals surface area contributed by atoms with E-state index in [2.05, 4.69) is 46.3 Å². The molecule has 29 heavy (non-hydrogen) atoms. The van der Waals surface area contributed by atoms with Gasteiger partial charge in [0.05, 0.1) is 25.0 Å². The zero-order valence-corrected chi connectivity index (χ0v) is 17.6. The Morgan fingerprint density at radius 2 is 1.90 bits per heavy atom. The molecule has 4 aromatic rings. The number of halogens is 1. The van der Waals surface area contributed by atoms with Gasteiger partial charge in [-0.05, 0) is 35.4 Å². The van der Waals surface area contributed by atoms with Crippen LogP contribution in [0.1, 0.15) is 16.8 Å². The molecule has 0 fully saturated rings. The lowest BCUT2D eigenvalue weighted by atomic mass is 10.1. The van der Waals surface area contributed by atoms with Crippen molar-refractivity contribution in [1.82, 2.24) is 14.5 Å². The Labute approximate surface area is 179 Å². The van der Waals surface area contributed by atoms with Crippen molar-refractivity contribution in [3.63, 3.8) is 0 Å². The molecule has 0 aliphatic rings. The topological polar surface area (TPSA) is 43.2 Å². The highest BCUT2D eigenvalue weighted by molar-refractivity contribution is 7.13. The van der Waals surface area contributed by atoms with Gasteiger partial charge >= 0.3 is 0 Å². The van der Waals surface area contributed by atoms with Gasteiger partial charge in [-0.2, -0.15) is 0 Å². The second-order valence-corrected chi connectivity index (χ2v) is 7.71. The summed E-state index contributed by atoms with van der Waals surface area (Å²) < 4.78 is 7.39. The van der Waals surface area contributed by atoms with Crippen LogP contribution in [0.2, 0.25) is 0 Å². The number of thiazole rings is 1. The SMILES string of the molecule is COc1cccc(CN(Cc2cccc(-n3ccnc3)c2)c2nc(CCl)cs2)c1. The second-order valence-electron chi connectivity index (χ2n) is 6.60. The van der Waals surface area contributed by atoms with Gasteiger partial charge in [0.25, 0.3) is 0 Å². The number of ether oxygens (including phenoxy) is 1. The fraction of sp³-hybridized carbons (Fsp3) is 0.182. The Kier molecular flexibility index (Phi) is 6.12. The normalized spacial score (nSPS) is 10.8. The molecule has 7 heteroatoms. The Balaban J connectivity index is 1.62. The highest BCUT2D eigenvalue weighted by atomic mass is 35.5. The maximum absolute atomic E-state index is 5.98. The van der Waals surface area contributed by atoms with Gasteiger partial charge in [-0.25, -0.2) is 9.97 Å². The van der Waals surface area contributed by atoms with Crippen LogP contribution >= 0.6 is 22.9 Å². The summed E-state index contributed by atoms with van der Waals surface area (Å²) in [5.41, 5.74) is 4.34. The first-order valence-electron chi connectivity index (χ1n) is 9.20. The highest BCUT2D eigenvalue weighted by Gasteiger charge is 2.14. The zero-order chi connectivity index (χ0) is 20.1. The molecule has 0 bridgehead atoms. The summed E-state index contributed by atoms with van der Waals surface area (Å²) in [5.74, 6) is 1.27. The van der Waals surface area contributed by atoms with E-state index in [0.717, 1.165) is 40.9 Å². The van der Waals surface area contributed by atoms with Gasteiger partial charge in [-0.3, -0.25) is 0 Å². The van der Waals surface area contributed by atoms with Gasteiger partial charge in [0, 0.05) is 36.6 Å². The third kappa shape index (κ3) is 4.78. The van der Waals surface area contributed by atoms with Gasteiger partial charge in [0.2, 0.25) is 0 Å². The Morgan fingerprint density at radius 3 is 2.59 bits per heavy atom. The standard InChI is InChI=1S/C22H21ClN4OS/c1-28-21-7-3-5-18(11-21)14-27(22-25-19(12-23)15-29-22)13-17-4-2-6-20(10-17)26-9-8-24-16-26/h2-11,15-16H,12-14H2,1H3. The van der Waals surface area contributed by atoms with Crippen molar-refractivity contribution in [2.24, 2.45) is 0 Å². The van der Waals surface area contributed by atoms with E-state index in [4.69, 9.17) is 21.3 Å². The van der Waals surface area contributed by atoms with Crippen LogP contribution in [0, 0.1) is 0 Å². The first kappa shape index (κ1) is 19.5. The molecule has 0 aliphatic carbocycles. The summed E-state index contributed by atoms with van der Waals surface area (Å²) in [6.45, 7) is 1.46. The number of benzene rings is 2. The molecular formula is C22H21ClN4OS. The Hall–Kier alpha value is -2.83. The van der Waals surface area contributed by atoms with Crippen molar-refractivity contribution in [3.05, 3.63) is 89.5 Å². The van der Waals surface area contributed by atoms with Crippen LogP contribution in [0.15, 0.2) is 72.6 Å². The zero-order valence-electron chi connectivity index (χ0n) is 16.0. The van der Waals surface area contributed by atoms with Crippen molar-refractivity contribution in [2.45, 2.75) is 19.0 Å². The molecule has 0 unspecified atom stereocenters. The molecule has 0 saturated carbocycles. The number of imidazole rings is 1. The van der Waals surface area contributed by atoms with E-state index in [1.807, 2.05) is 28.3 Å². The van der Waals surface area contributed by atoms with E-state index in [1.165, 1.54) is 5.56 Å². The van der Waals surface area contributed by atoms with Gasteiger partial charge in [0.1, 0.15) is 5.75 Å². The fourth-order valence-corrected chi connectivity index (χ4v) is 4.19. The molecule has 0 N–H and O–H groups in total. The van der Waals surface area contributed by atoms with E-state index in [0.29, 0.717) is 5.88 Å². The van der Waals surface area contributed by atoms with Crippen LogP contribution in [0.5, 0.6) is 5.75 Å². The quantitative estimate of drug-likeness (QED) is 0.361. The van der Waals surface area contributed by atoms with Crippen LogP contribution in [-0.2, 0) is 19.0 Å². The minimum atomic E-state index is 0.416. The van der Waals surface area contributed by atoms with Crippen LogP contribution in [0.4, 0.5) is 5.13 Å². The van der Waals surface area contributed by atoms with Crippen LogP contribution < -0.4 is 9.64 Å². The predicted octanol–water partition coefficient (Wildman–Crippen LogP) is 5.28. The lowest BCUT2D eigenvalue weighted by molar-refractivity contribution is 0.414. The number of rotatable bonds is 8. The molecule has 0 radical (unpaired) electrons. The summed E-state index contributed by atoms with van der Waals surface area (Å²) in [6.07, 6.45) is 5.53. The van der Waals surface area contributed by atoms with E-state index < -0.39 is 0 Å². The van der Waals surface area contributed by atoms with Crippen LogP contribution in [0.25, 0.3) is 5.69 Å². The van der Waals surface area contributed by atoms with Crippen molar-refractivity contribution in [1.29, 1.82) is 0 Å². The van der Waals surface area contributed by atoms with Crippen molar-refractivity contribution >= 4 is 28.1 Å². The molecule has 148 valence electrons. The smallest absolute Gasteiger partial charge is 0.186 e. The van der Waals surface area contributed by atoms with Crippen molar-refractivity contribution in [3.8, 4) is 11.4 Å². The maximum Gasteiger partial charge on any atom is 0.186 e. The molecule has 2 aromatic carbocycles. The largest absolute Gasteiger partial charge is 0.497 e. The van der Waals surface area contributed by atoms with E-state index in [-0.39, 0.29) is 0 Å². The molecule has 4 rings (SSSR count). The molecule has 0 spiro atoms. The van der Waals surface area contributed by atoms with Gasteiger partial charge < -0.3 is 14.2 Å². The van der Waals surface area contributed by atoms with Crippen LogP contribution in [-0.4, -0.2) is 21.6 Å². The number of anilines is 1. The maximum atomic E-state index is 5.98. The molecule has 0 saturated heterocycles. The molecule has 5 nitrogen and oxygen atoms in total. The predicted molar refractivity (Wildman–Crippen MR) is 118 cm³/mol. The molecule has 0 aliphatic heterocycles. The molecule has 0 amide bonds. The van der Waals surface area contributed by atoms with E-state index >= 15 is 0 Å². The fourth-order valence-electron chi connectivity index (χ4n) is 3.13. The molecule has 0 atom stereocenters.